The molecule has 1 aliphatic rings. The van der Waals surface area contributed by atoms with Gasteiger partial charge in [-0.25, -0.2) is 0 Å². The van der Waals surface area contributed by atoms with Crippen molar-refractivity contribution in [2.45, 2.75) is 25.8 Å². The molecule has 14 heavy (non-hydrogen) atoms. The van der Waals surface area contributed by atoms with E-state index in [0.717, 1.165) is 10.4 Å². The van der Waals surface area contributed by atoms with Crippen LogP contribution in [-0.4, -0.2) is 6.04 Å². The molecular weight excluding hydrogens is 353 g/mol. The molecule has 1 N–H and O–H groups in total. The maximum absolute atomic E-state index is 3.58. The number of rotatable bonds is 2. The van der Waals surface area contributed by atoms with Gasteiger partial charge in [0.2, 0.25) is 0 Å². The first-order valence-electron chi connectivity index (χ1n) is 4.87. The molecule has 0 aromatic heterocycles. The Labute approximate surface area is 107 Å². The van der Waals surface area contributed by atoms with Crippen LogP contribution in [0.4, 0.5) is 5.69 Å². The van der Waals surface area contributed by atoms with Gasteiger partial charge in [-0.15, -0.1) is 0 Å². The zero-order chi connectivity index (χ0) is 10.1. The number of halogens is 2. The molecule has 0 radical (unpaired) electrons. The monoisotopic (exact) mass is 365 g/mol. The van der Waals surface area contributed by atoms with Gasteiger partial charge >= 0.3 is 0 Å². The van der Waals surface area contributed by atoms with Crippen molar-refractivity contribution in [3.63, 3.8) is 0 Å². The summed E-state index contributed by atoms with van der Waals surface area (Å²) in [5.41, 5.74) is 1.26. The Balaban J connectivity index is 2.05. The summed E-state index contributed by atoms with van der Waals surface area (Å²) in [7, 11) is 0. The van der Waals surface area contributed by atoms with E-state index in [4.69, 9.17) is 0 Å². The fourth-order valence-corrected chi connectivity index (χ4v) is 2.70. The first kappa shape index (κ1) is 10.7. The lowest BCUT2D eigenvalue weighted by Gasteiger charge is -2.34. The van der Waals surface area contributed by atoms with Crippen LogP contribution in [0.1, 0.15) is 19.8 Å². The number of hydrogen-bond donors (Lipinski definition) is 1. The molecule has 1 aromatic carbocycles. The van der Waals surface area contributed by atoms with Crippen LogP contribution in [0.5, 0.6) is 0 Å². The second-order valence-electron chi connectivity index (χ2n) is 4.04. The van der Waals surface area contributed by atoms with Gasteiger partial charge in [-0.2, -0.15) is 0 Å². The quantitative estimate of drug-likeness (QED) is 0.772. The number of hydrogen-bond acceptors (Lipinski definition) is 1. The normalized spacial score (nSPS) is 25.6. The maximum Gasteiger partial charge on any atom is 0.0489 e. The molecular formula is C11H13BrIN. The first-order valence-corrected chi connectivity index (χ1v) is 6.74. The molecule has 3 heteroatoms. The van der Waals surface area contributed by atoms with E-state index in [9.17, 15) is 0 Å². The third-order valence-electron chi connectivity index (χ3n) is 2.66. The summed E-state index contributed by atoms with van der Waals surface area (Å²) in [6.07, 6.45) is 2.62. The molecule has 0 saturated heterocycles. The highest BCUT2D eigenvalue weighted by atomic mass is 127. The standard InChI is InChI=1S/C11H13BrIN/c1-7-4-9(5-7)14-11-6-8(12)2-3-10(11)13/h2-3,6-7,9,14H,4-5H2,1H3. The summed E-state index contributed by atoms with van der Waals surface area (Å²) < 4.78 is 2.44. The molecule has 76 valence electrons. The molecule has 0 heterocycles. The molecule has 0 amide bonds. The lowest BCUT2D eigenvalue weighted by molar-refractivity contribution is 0.309. The minimum atomic E-state index is 0.688. The van der Waals surface area contributed by atoms with Crippen molar-refractivity contribution in [3.05, 3.63) is 26.2 Å². The van der Waals surface area contributed by atoms with Crippen LogP contribution >= 0.6 is 38.5 Å². The number of nitrogens with one attached hydrogen (secondary N) is 1. The van der Waals surface area contributed by atoms with Gasteiger partial charge in [0, 0.05) is 19.8 Å². The summed E-state index contributed by atoms with van der Waals surface area (Å²) in [4.78, 5) is 0. The molecule has 2 rings (SSSR count). The highest BCUT2D eigenvalue weighted by Crippen LogP contribution is 2.31. The van der Waals surface area contributed by atoms with E-state index in [0.29, 0.717) is 6.04 Å². The molecule has 0 bridgehead atoms. The van der Waals surface area contributed by atoms with Crippen molar-refractivity contribution in [2.24, 2.45) is 5.92 Å². The van der Waals surface area contributed by atoms with Gasteiger partial charge in [-0.3, -0.25) is 0 Å². The molecule has 1 saturated carbocycles. The lowest BCUT2D eigenvalue weighted by Crippen LogP contribution is -2.33. The molecule has 1 nitrogen and oxygen atoms in total. The topological polar surface area (TPSA) is 12.0 Å². The van der Waals surface area contributed by atoms with Gasteiger partial charge in [-0.05, 0) is 59.5 Å². The van der Waals surface area contributed by atoms with Crippen LogP contribution in [0.3, 0.4) is 0 Å². The summed E-state index contributed by atoms with van der Waals surface area (Å²) >= 11 is 5.87. The lowest BCUT2D eigenvalue weighted by atomic mass is 9.82. The molecule has 0 spiro atoms. The Morgan fingerprint density at radius 2 is 2.14 bits per heavy atom. The van der Waals surface area contributed by atoms with E-state index in [1.165, 1.54) is 22.1 Å². The first-order chi connectivity index (χ1) is 6.65. The van der Waals surface area contributed by atoms with Gasteiger partial charge < -0.3 is 5.32 Å². The zero-order valence-electron chi connectivity index (χ0n) is 8.06. The fraction of sp³-hybridized carbons (Fsp3) is 0.455. The predicted octanol–water partition coefficient (Wildman–Crippen LogP) is 4.26. The fourth-order valence-electron chi connectivity index (χ4n) is 1.85. The highest BCUT2D eigenvalue weighted by Gasteiger charge is 2.25. The summed E-state index contributed by atoms with van der Waals surface area (Å²) in [6, 6.07) is 7.06. The number of benzene rings is 1. The van der Waals surface area contributed by atoms with Crippen LogP contribution in [-0.2, 0) is 0 Å². The zero-order valence-corrected chi connectivity index (χ0v) is 11.8. The van der Waals surface area contributed by atoms with Crippen molar-refractivity contribution in [3.8, 4) is 0 Å². The van der Waals surface area contributed by atoms with E-state index in [2.05, 4.69) is 69.0 Å². The largest absolute Gasteiger partial charge is 0.381 e. The Morgan fingerprint density at radius 3 is 2.79 bits per heavy atom. The Hall–Kier alpha value is 0.230. The van der Waals surface area contributed by atoms with E-state index in [-0.39, 0.29) is 0 Å². The predicted molar refractivity (Wildman–Crippen MR) is 72.7 cm³/mol. The van der Waals surface area contributed by atoms with Gasteiger partial charge in [0.05, 0.1) is 0 Å². The van der Waals surface area contributed by atoms with Crippen molar-refractivity contribution >= 4 is 44.2 Å². The Bertz CT molecular complexity index is 334. The Kier molecular flexibility index (Phi) is 3.37. The minimum absolute atomic E-state index is 0.688. The average Bonchev–Trinajstić information content (AvgIpc) is 2.09. The summed E-state index contributed by atoms with van der Waals surface area (Å²) in [6.45, 7) is 2.31. The van der Waals surface area contributed by atoms with Crippen LogP contribution in [0.25, 0.3) is 0 Å². The van der Waals surface area contributed by atoms with Crippen LogP contribution < -0.4 is 5.32 Å². The van der Waals surface area contributed by atoms with Crippen molar-refractivity contribution < 1.29 is 0 Å². The maximum atomic E-state index is 3.58. The second-order valence-corrected chi connectivity index (χ2v) is 6.12. The van der Waals surface area contributed by atoms with E-state index in [1.54, 1.807) is 0 Å². The van der Waals surface area contributed by atoms with E-state index < -0.39 is 0 Å². The summed E-state index contributed by atoms with van der Waals surface area (Å²) in [5, 5.41) is 3.58. The second kappa shape index (κ2) is 4.39. The minimum Gasteiger partial charge on any atom is -0.381 e. The third-order valence-corrected chi connectivity index (χ3v) is 4.10. The van der Waals surface area contributed by atoms with Crippen LogP contribution in [0.2, 0.25) is 0 Å². The third kappa shape index (κ3) is 2.42. The van der Waals surface area contributed by atoms with E-state index >= 15 is 0 Å². The van der Waals surface area contributed by atoms with Crippen LogP contribution in [0, 0.1) is 9.49 Å². The van der Waals surface area contributed by atoms with Gasteiger partial charge in [0.1, 0.15) is 0 Å². The molecule has 0 unspecified atom stereocenters. The average molecular weight is 366 g/mol. The van der Waals surface area contributed by atoms with E-state index in [1.807, 2.05) is 0 Å². The molecule has 0 atom stereocenters. The SMILES string of the molecule is CC1CC(Nc2cc(Br)ccc2I)C1. The molecule has 1 aliphatic carbocycles. The van der Waals surface area contributed by atoms with Gasteiger partial charge in [0.25, 0.3) is 0 Å². The number of anilines is 1. The molecule has 1 aromatic rings. The molecule has 1 fully saturated rings. The molecule has 0 aliphatic heterocycles. The van der Waals surface area contributed by atoms with Gasteiger partial charge in [-0.1, -0.05) is 22.9 Å². The summed E-state index contributed by atoms with van der Waals surface area (Å²) in [5.74, 6) is 0.900. The van der Waals surface area contributed by atoms with Crippen LogP contribution in [0.15, 0.2) is 22.7 Å². The van der Waals surface area contributed by atoms with Crippen molar-refractivity contribution in [2.75, 3.05) is 5.32 Å². The van der Waals surface area contributed by atoms with Crippen molar-refractivity contribution in [1.29, 1.82) is 0 Å². The highest BCUT2D eigenvalue weighted by molar-refractivity contribution is 14.1. The Morgan fingerprint density at radius 1 is 1.43 bits per heavy atom. The van der Waals surface area contributed by atoms with Gasteiger partial charge in [0.15, 0.2) is 0 Å². The smallest absolute Gasteiger partial charge is 0.0489 e. The van der Waals surface area contributed by atoms with Crippen molar-refractivity contribution in [1.82, 2.24) is 0 Å².